The fourth-order valence-corrected chi connectivity index (χ4v) is 9.50. The minimum atomic E-state index is -0.718. The first kappa shape index (κ1) is 20.9. The summed E-state index contributed by atoms with van der Waals surface area (Å²) in [5, 5.41) is 22.1. The molecule has 1 spiro atoms. The van der Waals surface area contributed by atoms with Crippen LogP contribution < -0.4 is 0 Å². The number of fused-ring (bicyclic) bond motifs is 6. The molecule has 0 aromatic heterocycles. The second kappa shape index (κ2) is 6.68. The third-order valence-corrected chi connectivity index (χ3v) is 11.0. The quantitative estimate of drug-likeness (QED) is 0.554. The fourth-order valence-electron chi connectivity index (χ4n) is 9.50. The van der Waals surface area contributed by atoms with Crippen molar-refractivity contribution in [2.75, 3.05) is 6.61 Å². The zero-order chi connectivity index (χ0) is 21.8. The Morgan fingerprint density at radius 1 is 1.16 bits per heavy atom. The lowest BCUT2D eigenvalue weighted by Crippen LogP contribution is -2.53. The van der Waals surface area contributed by atoms with Crippen LogP contribution in [-0.4, -0.2) is 40.4 Å². The van der Waals surface area contributed by atoms with Crippen molar-refractivity contribution in [1.29, 1.82) is 0 Å². The molecule has 31 heavy (non-hydrogen) atoms. The maximum atomic E-state index is 11.8. The fraction of sp³-hybridized carbons (Fsp3) is 0.852. The number of hydrogen-bond donors (Lipinski definition) is 2. The molecule has 0 amide bonds. The minimum Gasteiger partial charge on any atom is -0.393 e. The van der Waals surface area contributed by atoms with Gasteiger partial charge in [0.15, 0.2) is 5.79 Å². The Morgan fingerprint density at radius 3 is 2.71 bits per heavy atom. The van der Waals surface area contributed by atoms with Crippen LogP contribution in [0.1, 0.15) is 72.1 Å². The van der Waals surface area contributed by atoms with Gasteiger partial charge < -0.3 is 19.7 Å². The van der Waals surface area contributed by atoms with Gasteiger partial charge in [0.25, 0.3) is 0 Å². The number of ether oxygens (including phenoxy) is 2. The molecule has 0 aromatic carbocycles. The molecule has 0 aromatic rings. The van der Waals surface area contributed by atoms with Gasteiger partial charge in [-0.2, -0.15) is 0 Å². The van der Waals surface area contributed by atoms with Crippen molar-refractivity contribution >= 4 is 0 Å². The van der Waals surface area contributed by atoms with Gasteiger partial charge in [0.1, 0.15) is 0 Å². The molecule has 2 N–H and O–H groups in total. The molecule has 172 valence electrons. The summed E-state index contributed by atoms with van der Waals surface area (Å²) >= 11 is 0. The monoisotopic (exact) mass is 428 g/mol. The predicted molar refractivity (Wildman–Crippen MR) is 119 cm³/mol. The molecule has 11 atom stereocenters. The Kier molecular flexibility index (Phi) is 4.50. The molecular formula is C27H40O4. The van der Waals surface area contributed by atoms with Crippen molar-refractivity contribution < 1.29 is 19.7 Å². The van der Waals surface area contributed by atoms with Crippen molar-refractivity contribution in [3.8, 4) is 0 Å². The Hall–Kier alpha value is -0.680. The van der Waals surface area contributed by atoms with Crippen LogP contribution >= 0.6 is 0 Å². The summed E-state index contributed by atoms with van der Waals surface area (Å²) < 4.78 is 13.1. The van der Waals surface area contributed by atoms with E-state index in [4.69, 9.17) is 9.47 Å². The molecule has 4 nitrogen and oxygen atoms in total. The van der Waals surface area contributed by atoms with Gasteiger partial charge in [0.05, 0.1) is 24.4 Å². The highest BCUT2D eigenvalue weighted by atomic mass is 16.7. The van der Waals surface area contributed by atoms with E-state index in [1.54, 1.807) is 0 Å². The SMILES string of the molecule is C=C1CC[C@@]2(OC1)O[C@H]1C[C@H]3[C@@H]4CC=C5C[C@@H](O)C[C@H]5[C@](C)(O)[C@H]4CC[C@]3(C)[C@H]1[C@@H]2C. The number of aliphatic hydroxyl groups excluding tert-OH is 1. The first-order valence-corrected chi connectivity index (χ1v) is 12.7. The van der Waals surface area contributed by atoms with Crippen LogP contribution in [-0.2, 0) is 9.47 Å². The average Bonchev–Trinajstić information content (AvgIpc) is 3.30. The molecule has 6 rings (SSSR count). The van der Waals surface area contributed by atoms with Gasteiger partial charge in [0.2, 0.25) is 0 Å². The summed E-state index contributed by atoms with van der Waals surface area (Å²) in [4.78, 5) is 0. The van der Waals surface area contributed by atoms with Gasteiger partial charge >= 0.3 is 0 Å². The lowest BCUT2D eigenvalue weighted by Gasteiger charge is -2.53. The molecule has 0 bridgehead atoms. The molecule has 2 saturated heterocycles. The summed E-state index contributed by atoms with van der Waals surface area (Å²) in [6, 6.07) is 0. The zero-order valence-corrected chi connectivity index (χ0v) is 19.5. The Balaban J connectivity index is 1.30. The molecule has 0 unspecified atom stereocenters. The highest BCUT2D eigenvalue weighted by molar-refractivity contribution is 5.25. The van der Waals surface area contributed by atoms with Gasteiger partial charge in [-0.1, -0.05) is 37.6 Å². The van der Waals surface area contributed by atoms with Gasteiger partial charge in [-0.15, -0.1) is 0 Å². The van der Waals surface area contributed by atoms with E-state index >= 15 is 0 Å². The molecule has 4 heteroatoms. The zero-order valence-electron chi connectivity index (χ0n) is 19.5. The minimum absolute atomic E-state index is 0.130. The van der Waals surface area contributed by atoms with E-state index < -0.39 is 11.4 Å². The number of hydrogen-bond acceptors (Lipinski definition) is 4. The van der Waals surface area contributed by atoms with Crippen molar-refractivity contribution in [3.05, 3.63) is 23.8 Å². The molecule has 3 saturated carbocycles. The normalized spacial score (nSPS) is 58.4. The van der Waals surface area contributed by atoms with E-state index in [9.17, 15) is 10.2 Å². The standard InChI is InChI=1S/C27H40O4/c1-15-7-10-27(30-14-15)16(2)24-23(31-27)13-22-19-6-5-17-11-18(28)12-21(17)26(4,29)20(19)8-9-25(22,24)3/h5,16,18-24,28-29H,1,6-14H2,2-4H3/t16-,18+,19+,20-,21+,22-,23-,24-,25-,26+,27+/m0/s1. The van der Waals surface area contributed by atoms with Gasteiger partial charge in [-0.3, -0.25) is 0 Å². The van der Waals surface area contributed by atoms with Crippen LogP contribution in [0.15, 0.2) is 23.8 Å². The lowest BCUT2D eigenvalue weighted by atomic mass is 9.52. The highest BCUT2D eigenvalue weighted by Gasteiger charge is 2.68. The number of rotatable bonds is 0. The maximum Gasteiger partial charge on any atom is 0.172 e. The Morgan fingerprint density at radius 2 is 1.97 bits per heavy atom. The molecule has 6 aliphatic rings. The van der Waals surface area contributed by atoms with Gasteiger partial charge in [-0.25, -0.2) is 0 Å². The van der Waals surface area contributed by atoms with Crippen LogP contribution in [0.4, 0.5) is 0 Å². The van der Waals surface area contributed by atoms with Crippen molar-refractivity contribution in [2.45, 2.75) is 95.7 Å². The van der Waals surface area contributed by atoms with E-state index in [1.807, 2.05) is 0 Å². The molecular weight excluding hydrogens is 388 g/mol. The first-order valence-electron chi connectivity index (χ1n) is 12.7. The smallest absolute Gasteiger partial charge is 0.172 e. The van der Waals surface area contributed by atoms with E-state index in [-0.39, 0.29) is 23.5 Å². The van der Waals surface area contributed by atoms with Gasteiger partial charge in [0, 0.05) is 18.3 Å². The summed E-state index contributed by atoms with van der Waals surface area (Å²) in [6.45, 7) is 11.7. The van der Waals surface area contributed by atoms with E-state index in [0.29, 0.717) is 36.2 Å². The summed E-state index contributed by atoms with van der Waals surface area (Å²) in [5.41, 5.74) is 2.03. The van der Waals surface area contributed by atoms with Crippen molar-refractivity contribution in [3.63, 3.8) is 0 Å². The number of aliphatic hydroxyl groups is 2. The molecule has 0 radical (unpaired) electrons. The van der Waals surface area contributed by atoms with Crippen LogP contribution in [0.5, 0.6) is 0 Å². The Labute approximate surface area is 187 Å². The van der Waals surface area contributed by atoms with Crippen LogP contribution in [0.3, 0.4) is 0 Å². The van der Waals surface area contributed by atoms with E-state index in [2.05, 4.69) is 33.4 Å². The highest BCUT2D eigenvalue weighted by Crippen LogP contribution is 2.69. The lowest BCUT2D eigenvalue weighted by molar-refractivity contribution is -0.255. The molecule has 5 fully saturated rings. The first-order chi connectivity index (χ1) is 14.7. The van der Waals surface area contributed by atoms with Crippen LogP contribution in [0.25, 0.3) is 0 Å². The topological polar surface area (TPSA) is 58.9 Å². The van der Waals surface area contributed by atoms with Crippen LogP contribution in [0, 0.1) is 40.9 Å². The molecule has 2 aliphatic heterocycles. The largest absolute Gasteiger partial charge is 0.393 e. The summed E-state index contributed by atoms with van der Waals surface area (Å²) in [7, 11) is 0. The predicted octanol–water partition coefficient (Wildman–Crippen LogP) is 4.60. The van der Waals surface area contributed by atoms with Crippen molar-refractivity contribution in [1.82, 2.24) is 0 Å². The second-order valence-electron chi connectivity index (χ2n) is 12.4. The second-order valence-corrected chi connectivity index (χ2v) is 12.4. The van der Waals surface area contributed by atoms with Crippen molar-refractivity contribution in [2.24, 2.45) is 40.9 Å². The molecule has 4 aliphatic carbocycles. The van der Waals surface area contributed by atoms with E-state index in [1.165, 1.54) is 11.1 Å². The third-order valence-electron chi connectivity index (χ3n) is 11.0. The summed E-state index contributed by atoms with van der Waals surface area (Å²) in [5.74, 6) is 2.06. The summed E-state index contributed by atoms with van der Waals surface area (Å²) in [6.07, 6.45) is 10.2. The van der Waals surface area contributed by atoms with Crippen LogP contribution in [0.2, 0.25) is 0 Å². The Bertz CT molecular complexity index is 804. The average molecular weight is 429 g/mol. The maximum absolute atomic E-state index is 11.8. The number of allylic oxidation sites excluding steroid dienone is 1. The van der Waals surface area contributed by atoms with Gasteiger partial charge in [-0.05, 0) is 81.0 Å². The third kappa shape index (κ3) is 2.74. The molecule has 2 heterocycles. The van der Waals surface area contributed by atoms with E-state index in [0.717, 1.165) is 51.4 Å².